The van der Waals surface area contributed by atoms with Crippen molar-refractivity contribution in [1.82, 2.24) is 0 Å². The molecule has 4 rings (SSSR count). The molecule has 0 heterocycles. The highest BCUT2D eigenvalue weighted by Gasteiger charge is 2.71. The highest BCUT2D eigenvalue weighted by molar-refractivity contribution is 5.80. The Morgan fingerprint density at radius 1 is 0.710 bits per heavy atom. The molecule has 31 heavy (non-hydrogen) atoms. The minimum atomic E-state index is -5.94. The van der Waals surface area contributed by atoms with Crippen LogP contribution < -0.4 is 4.74 Å². The van der Waals surface area contributed by atoms with E-state index in [9.17, 15) is 31.4 Å². The summed E-state index contributed by atoms with van der Waals surface area (Å²) in [7, 11) is 0. The van der Waals surface area contributed by atoms with Crippen LogP contribution in [0.5, 0.6) is 5.75 Å². The van der Waals surface area contributed by atoms with Crippen molar-refractivity contribution in [3.63, 3.8) is 0 Å². The largest absolute Gasteiger partial charge is 0.490 e. The molecule has 0 spiro atoms. The third-order valence-corrected chi connectivity index (χ3v) is 5.41. The van der Waals surface area contributed by atoms with E-state index in [1.807, 2.05) is 48.5 Å². The van der Waals surface area contributed by atoms with E-state index in [0.717, 1.165) is 22.3 Å². The van der Waals surface area contributed by atoms with Gasteiger partial charge in [0.1, 0.15) is 12.4 Å². The Bertz CT molecular complexity index is 1040. The summed E-state index contributed by atoms with van der Waals surface area (Å²) >= 11 is 0. The first kappa shape index (κ1) is 21.2. The number of fused-ring (bicyclic) bond motifs is 3. The number of rotatable bonds is 4. The lowest BCUT2D eigenvalue weighted by atomic mass is 9.89. The van der Waals surface area contributed by atoms with E-state index < -0.39 is 24.6 Å². The number of halogens is 6. The highest BCUT2D eigenvalue weighted by Crippen LogP contribution is 2.48. The number of ether oxygens (including phenoxy) is 1. The van der Waals surface area contributed by atoms with E-state index in [1.54, 1.807) is 6.07 Å². The lowest BCUT2D eigenvalue weighted by Crippen LogP contribution is -2.60. The van der Waals surface area contributed by atoms with Crippen molar-refractivity contribution >= 4 is 0 Å². The minimum absolute atomic E-state index is 0.203. The summed E-state index contributed by atoms with van der Waals surface area (Å²) < 4.78 is 82.3. The van der Waals surface area contributed by atoms with Crippen LogP contribution in [0.4, 0.5) is 26.3 Å². The molecule has 0 saturated heterocycles. The van der Waals surface area contributed by atoms with Gasteiger partial charge < -0.3 is 9.84 Å². The fraction of sp³-hybridized carbons (Fsp3) is 0.217. The molecule has 0 aliphatic heterocycles. The van der Waals surface area contributed by atoms with Crippen molar-refractivity contribution in [1.29, 1.82) is 0 Å². The zero-order chi connectivity index (χ0) is 22.4. The molecular weight excluding hydrogens is 422 g/mol. The molecule has 1 N–H and O–H groups in total. The highest BCUT2D eigenvalue weighted by atomic mass is 19.4. The minimum Gasteiger partial charge on any atom is -0.490 e. The van der Waals surface area contributed by atoms with Crippen molar-refractivity contribution < 1.29 is 36.2 Å². The van der Waals surface area contributed by atoms with Crippen LogP contribution in [0.15, 0.2) is 72.8 Å². The van der Waals surface area contributed by atoms with E-state index in [0.29, 0.717) is 5.56 Å². The maximum Gasteiger partial charge on any atom is 0.429 e. The summed E-state index contributed by atoms with van der Waals surface area (Å²) in [6.07, 6.45) is -11.9. The molecule has 162 valence electrons. The Hall–Kier alpha value is -3.00. The standard InChI is InChI=1S/C23H16F6O2/c24-22(25,26)21(30,23(27,28)29)13-31-15-7-5-6-14(12-15)20-18-10-3-1-8-16(18)17-9-2-4-11-19(17)20/h1-12,20,30H,13H2. The van der Waals surface area contributed by atoms with Gasteiger partial charge in [-0.2, -0.15) is 26.3 Å². The molecule has 3 aromatic rings. The maximum atomic E-state index is 12.9. The predicted octanol–water partition coefficient (Wildman–Crippen LogP) is 6.08. The smallest absolute Gasteiger partial charge is 0.429 e. The normalized spacial score (nSPS) is 14.3. The van der Waals surface area contributed by atoms with E-state index in [-0.39, 0.29) is 11.7 Å². The van der Waals surface area contributed by atoms with E-state index in [4.69, 9.17) is 4.74 Å². The number of hydrogen-bond donors (Lipinski definition) is 1. The molecule has 2 nitrogen and oxygen atoms in total. The lowest BCUT2D eigenvalue weighted by molar-refractivity contribution is -0.373. The molecule has 0 aromatic heterocycles. The van der Waals surface area contributed by atoms with Gasteiger partial charge in [-0.3, -0.25) is 0 Å². The van der Waals surface area contributed by atoms with Crippen LogP contribution in [-0.4, -0.2) is 29.7 Å². The Kier molecular flexibility index (Phi) is 5.00. The molecule has 1 aliphatic rings. The van der Waals surface area contributed by atoms with Crippen molar-refractivity contribution in [2.24, 2.45) is 0 Å². The van der Waals surface area contributed by atoms with Gasteiger partial charge in [0.25, 0.3) is 5.60 Å². The van der Waals surface area contributed by atoms with Gasteiger partial charge >= 0.3 is 12.4 Å². The Labute approximate surface area is 173 Å². The molecule has 0 atom stereocenters. The molecule has 8 heteroatoms. The van der Waals surface area contributed by atoms with Gasteiger partial charge in [-0.25, -0.2) is 0 Å². The third kappa shape index (κ3) is 3.54. The molecule has 3 aromatic carbocycles. The van der Waals surface area contributed by atoms with E-state index in [2.05, 4.69) is 0 Å². The molecule has 0 fully saturated rings. The Balaban J connectivity index is 1.67. The van der Waals surface area contributed by atoms with Crippen molar-refractivity contribution in [3.8, 4) is 16.9 Å². The third-order valence-electron chi connectivity index (χ3n) is 5.41. The number of hydrogen-bond acceptors (Lipinski definition) is 2. The molecular formula is C23H16F6O2. The van der Waals surface area contributed by atoms with Crippen LogP contribution in [0.2, 0.25) is 0 Å². The lowest BCUT2D eigenvalue weighted by Gasteiger charge is -2.31. The quantitative estimate of drug-likeness (QED) is 0.391. The fourth-order valence-electron chi connectivity index (χ4n) is 3.81. The van der Waals surface area contributed by atoms with Crippen LogP contribution in [-0.2, 0) is 0 Å². The van der Waals surface area contributed by atoms with Crippen molar-refractivity contribution in [2.45, 2.75) is 23.9 Å². The number of benzene rings is 3. The van der Waals surface area contributed by atoms with Crippen LogP contribution >= 0.6 is 0 Å². The topological polar surface area (TPSA) is 29.5 Å². The van der Waals surface area contributed by atoms with Crippen LogP contribution in [0, 0.1) is 0 Å². The summed E-state index contributed by atoms with van der Waals surface area (Å²) in [6.45, 7) is -2.00. The van der Waals surface area contributed by atoms with E-state index in [1.165, 1.54) is 18.2 Å². The summed E-state index contributed by atoms with van der Waals surface area (Å²) in [5.41, 5.74) is -0.345. The van der Waals surface area contributed by atoms with Gasteiger partial charge in [0.05, 0.1) is 0 Å². The van der Waals surface area contributed by atoms with Gasteiger partial charge in [0.2, 0.25) is 0 Å². The fourth-order valence-corrected chi connectivity index (χ4v) is 3.81. The maximum absolute atomic E-state index is 12.9. The second-order valence-corrected chi connectivity index (χ2v) is 7.32. The number of alkyl halides is 6. The molecule has 0 amide bonds. The Morgan fingerprint density at radius 3 is 1.74 bits per heavy atom. The van der Waals surface area contributed by atoms with Crippen LogP contribution in [0.3, 0.4) is 0 Å². The summed E-state index contributed by atoms with van der Waals surface area (Å²) in [5.74, 6) is -0.452. The van der Waals surface area contributed by atoms with Crippen molar-refractivity contribution in [3.05, 3.63) is 89.5 Å². The monoisotopic (exact) mass is 438 g/mol. The zero-order valence-corrected chi connectivity index (χ0v) is 15.8. The number of aliphatic hydroxyl groups is 1. The second-order valence-electron chi connectivity index (χ2n) is 7.32. The average molecular weight is 438 g/mol. The summed E-state index contributed by atoms with van der Waals surface area (Å²) in [4.78, 5) is 0. The predicted molar refractivity (Wildman–Crippen MR) is 102 cm³/mol. The van der Waals surface area contributed by atoms with Gasteiger partial charge in [0.15, 0.2) is 0 Å². The molecule has 0 saturated carbocycles. The molecule has 0 unspecified atom stereocenters. The SMILES string of the molecule is OC(COc1cccc(C2c3ccccc3-c3ccccc32)c1)(C(F)(F)F)C(F)(F)F. The van der Waals surface area contributed by atoms with Crippen molar-refractivity contribution in [2.75, 3.05) is 6.61 Å². The van der Waals surface area contributed by atoms with Crippen LogP contribution in [0.25, 0.3) is 11.1 Å². The Morgan fingerprint density at radius 2 is 1.23 bits per heavy atom. The van der Waals surface area contributed by atoms with Gasteiger partial charge in [0, 0.05) is 5.92 Å². The van der Waals surface area contributed by atoms with Gasteiger partial charge in [-0.1, -0.05) is 60.7 Å². The first-order valence-electron chi connectivity index (χ1n) is 9.30. The van der Waals surface area contributed by atoms with Gasteiger partial charge in [-0.15, -0.1) is 0 Å². The average Bonchev–Trinajstić information content (AvgIpc) is 3.05. The second kappa shape index (κ2) is 7.30. The molecule has 1 aliphatic carbocycles. The van der Waals surface area contributed by atoms with E-state index >= 15 is 0 Å². The molecule has 0 radical (unpaired) electrons. The first-order valence-corrected chi connectivity index (χ1v) is 9.30. The van der Waals surface area contributed by atoms with Crippen LogP contribution in [0.1, 0.15) is 22.6 Å². The zero-order valence-electron chi connectivity index (χ0n) is 15.8. The summed E-state index contributed by atoms with van der Waals surface area (Å²) in [5, 5.41) is 9.31. The van der Waals surface area contributed by atoms with Gasteiger partial charge in [-0.05, 0) is 39.9 Å². The molecule has 0 bridgehead atoms. The summed E-state index contributed by atoms with van der Waals surface area (Å²) in [6, 6.07) is 21.2. The first-order chi connectivity index (χ1) is 14.5.